The van der Waals surface area contributed by atoms with Crippen molar-refractivity contribution in [2.75, 3.05) is 12.0 Å². The molecule has 2 aromatic carbocycles. The Morgan fingerprint density at radius 3 is 2.72 bits per heavy atom. The van der Waals surface area contributed by atoms with Crippen LogP contribution in [0.2, 0.25) is 0 Å². The van der Waals surface area contributed by atoms with Crippen LogP contribution < -0.4 is 20.5 Å². The molecule has 0 bridgehead atoms. The number of hydrazone groups is 1. The Bertz CT molecular complexity index is 1080. The van der Waals surface area contributed by atoms with Crippen molar-refractivity contribution in [3.05, 3.63) is 58.4 Å². The van der Waals surface area contributed by atoms with E-state index in [1.165, 1.54) is 22.9 Å². The molecular formula is C20H20F2N4O3. The lowest BCUT2D eigenvalue weighted by atomic mass is 10.2. The molecule has 7 nitrogen and oxygen atoms in total. The third-order valence-corrected chi connectivity index (χ3v) is 4.04. The Labute approximate surface area is 165 Å². The Kier molecular flexibility index (Phi) is 6.38. The first-order chi connectivity index (χ1) is 14.0. The van der Waals surface area contributed by atoms with Crippen LogP contribution in [0.15, 0.2) is 52.4 Å². The van der Waals surface area contributed by atoms with Gasteiger partial charge in [0.25, 0.3) is 5.56 Å². The van der Waals surface area contributed by atoms with E-state index in [0.717, 1.165) is 0 Å². The highest BCUT2D eigenvalue weighted by molar-refractivity contribution is 5.82. The van der Waals surface area contributed by atoms with Crippen LogP contribution in [0.4, 0.5) is 14.7 Å². The summed E-state index contributed by atoms with van der Waals surface area (Å²) in [6.07, 6.45) is 1.47. The maximum absolute atomic E-state index is 12.6. The normalized spacial score (nSPS) is 11.3. The smallest absolute Gasteiger partial charge is 0.387 e. The summed E-state index contributed by atoms with van der Waals surface area (Å²) in [5, 5.41) is 4.65. The summed E-state index contributed by atoms with van der Waals surface area (Å²) in [6.45, 7) is 1.35. The molecule has 0 fully saturated rings. The number of hydrogen-bond acceptors (Lipinski definition) is 6. The second-order valence-electron chi connectivity index (χ2n) is 5.89. The highest BCUT2D eigenvalue weighted by Crippen LogP contribution is 2.29. The van der Waals surface area contributed by atoms with Crippen molar-refractivity contribution < 1.29 is 18.3 Å². The number of nitrogens with one attached hydrogen (secondary N) is 1. The van der Waals surface area contributed by atoms with Crippen LogP contribution >= 0.6 is 0 Å². The van der Waals surface area contributed by atoms with E-state index in [2.05, 4.69) is 20.2 Å². The van der Waals surface area contributed by atoms with Crippen LogP contribution in [0.25, 0.3) is 10.9 Å². The molecular weight excluding hydrogens is 382 g/mol. The second-order valence-corrected chi connectivity index (χ2v) is 5.89. The largest absolute Gasteiger partial charge is 0.490 e. The van der Waals surface area contributed by atoms with Gasteiger partial charge in [0.05, 0.1) is 23.7 Å². The molecule has 3 aromatic rings. The number of rotatable bonds is 8. The van der Waals surface area contributed by atoms with Crippen LogP contribution in [0, 0.1) is 0 Å². The van der Waals surface area contributed by atoms with E-state index in [0.29, 0.717) is 35.6 Å². The van der Waals surface area contributed by atoms with E-state index in [1.807, 2.05) is 6.92 Å². The molecule has 29 heavy (non-hydrogen) atoms. The summed E-state index contributed by atoms with van der Waals surface area (Å²) in [4.78, 5) is 17.0. The van der Waals surface area contributed by atoms with Gasteiger partial charge in [0.15, 0.2) is 11.5 Å². The van der Waals surface area contributed by atoms with Gasteiger partial charge in [-0.25, -0.2) is 10.4 Å². The standard InChI is InChI=1S/C20H20F2N4O3/c1-3-26-18(27)14-7-5-6-8-15(14)24-20(26)25-23-12-13-9-10-16(29-19(21)22)17(11-13)28-4-2/h5-12,19H,3-4H2,1-2H3,(H,24,25)/b23-12-. The van der Waals surface area contributed by atoms with Gasteiger partial charge < -0.3 is 9.47 Å². The molecule has 0 saturated heterocycles. The summed E-state index contributed by atoms with van der Waals surface area (Å²) in [7, 11) is 0. The zero-order valence-corrected chi connectivity index (χ0v) is 15.9. The molecule has 0 saturated carbocycles. The average molecular weight is 402 g/mol. The first-order valence-electron chi connectivity index (χ1n) is 9.03. The van der Waals surface area contributed by atoms with Crippen LogP contribution in [-0.2, 0) is 6.54 Å². The van der Waals surface area contributed by atoms with E-state index >= 15 is 0 Å². The summed E-state index contributed by atoms with van der Waals surface area (Å²) in [6, 6.07) is 11.5. The number of aromatic nitrogens is 2. The molecule has 0 unspecified atom stereocenters. The lowest BCUT2D eigenvalue weighted by Gasteiger charge is -2.12. The Morgan fingerprint density at radius 2 is 2.00 bits per heavy atom. The maximum Gasteiger partial charge on any atom is 0.387 e. The summed E-state index contributed by atoms with van der Waals surface area (Å²) in [5.41, 5.74) is 3.76. The fourth-order valence-electron chi connectivity index (χ4n) is 2.78. The van der Waals surface area contributed by atoms with Gasteiger partial charge in [-0.3, -0.25) is 9.36 Å². The van der Waals surface area contributed by atoms with E-state index in [4.69, 9.17) is 4.74 Å². The number of ether oxygens (including phenoxy) is 2. The molecule has 0 radical (unpaired) electrons. The number of alkyl halides is 2. The zero-order chi connectivity index (χ0) is 20.8. The van der Waals surface area contributed by atoms with Gasteiger partial charge in [-0.15, -0.1) is 0 Å². The molecule has 1 N–H and O–H groups in total. The minimum Gasteiger partial charge on any atom is -0.490 e. The van der Waals surface area contributed by atoms with Crippen LogP contribution in [0.3, 0.4) is 0 Å². The minimum atomic E-state index is -2.94. The van der Waals surface area contributed by atoms with Gasteiger partial charge in [0, 0.05) is 6.54 Å². The lowest BCUT2D eigenvalue weighted by Crippen LogP contribution is -2.23. The topological polar surface area (TPSA) is 77.7 Å². The third-order valence-electron chi connectivity index (χ3n) is 4.04. The summed E-state index contributed by atoms with van der Waals surface area (Å²) < 4.78 is 36.3. The molecule has 0 aliphatic rings. The Morgan fingerprint density at radius 1 is 1.21 bits per heavy atom. The summed E-state index contributed by atoms with van der Waals surface area (Å²) >= 11 is 0. The fourth-order valence-corrected chi connectivity index (χ4v) is 2.78. The molecule has 3 rings (SSSR count). The number of hydrogen-bond donors (Lipinski definition) is 1. The zero-order valence-electron chi connectivity index (χ0n) is 15.9. The highest BCUT2D eigenvalue weighted by atomic mass is 19.3. The van der Waals surface area contributed by atoms with Gasteiger partial charge in [-0.05, 0) is 49.7 Å². The van der Waals surface area contributed by atoms with Gasteiger partial charge in [0.2, 0.25) is 5.95 Å². The molecule has 0 aliphatic carbocycles. The molecule has 0 amide bonds. The lowest BCUT2D eigenvalue weighted by molar-refractivity contribution is -0.0514. The summed E-state index contributed by atoms with van der Waals surface area (Å²) in [5.74, 6) is 0.434. The Balaban J connectivity index is 1.86. The quantitative estimate of drug-likeness (QED) is 0.457. The van der Waals surface area contributed by atoms with Gasteiger partial charge in [-0.2, -0.15) is 13.9 Å². The van der Waals surface area contributed by atoms with Gasteiger partial charge in [-0.1, -0.05) is 12.1 Å². The van der Waals surface area contributed by atoms with Crippen molar-refractivity contribution in [2.45, 2.75) is 27.0 Å². The van der Waals surface area contributed by atoms with Crippen LogP contribution in [-0.4, -0.2) is 29.0 Å². The number of nitrogens with zero attached hydrogens (tertiary/aromatic N) is 3. The van der Waals surface area contributed by atoms with Gasteiger partial charge in [0.1, 0.15) is 0 Å². The molecule has 0 spiro atoms. The van der Waals surface area contributed by atoms with Crippen molar-refractivity contribution in [2.24, 2.45) is 5.10 Å². The van der Waals surface area contributed by atoms with Crippen LogP contribution in [0.5, 0.6) is 11.5 Å². The SMILES string of the molecule is CCOc1cc(/C=N\Nc2nc3ccccc3c(=O)n2CC)ccc1OC(F)F. The predicted octanol–water partition coefficient (Wildman–Crippen LogP) is 3.86. The first kappa shape index (κ1) is 20.2. The first-order valence-corrected chi connectivity index (χ1v) is 9.03. The third kappa shape index (κ3) is 4.68. The maximum atomic E-state index is 12.6. The van der Waals surface area contributed by atoms with E-state index in [9.17, 15) is 13.6 Å². The number of para-hydroxylation sites is 1. The van der Waals surface area contributed by atoms with Crippen molar-refractivity contribution >= 4 is 23.1 Å². The average Bonchev–Trinajstić information content (AvgIpc) is 2.70. The molecule has 0 atom stereocenters. The van der Waals surface area contributed by atoms with E-state index in [-0.39, 0.29) is 17.1 Å². The Hall–Kier alpha value is -3.49. The minimum absolute atomic E-state index is 0.0528. The van der Waals surface area contributed by atoms with Crippen molar-refractivity contribution in [3.8, 4) is 11.5 Å². The van der Waals surface area contributed by atoms with Crippen molar-refractivity contribution in [1.82, 2.24) is 9.55 Å². The van der Waals surface area contributed by atoms with Crippen molar-refractivity contribution in [3.63, 3.8) is 0 Å². The van der Waals surface area contributed by atoms with Gasteiger partial charge >= 0.3 is 6.61 Å². The van der Waals surface area contributed by atoms with E-state index < -0.39 is 6.61 Å². The molecule has 0 aliphatic heterocycles. The monoisotopic (exact) mass is 402 g/mol. The fraction of sp³-hybridized carbons (Fsp3) is 0.250. The molecule has 152 valence electrons. The molecule has 1 heterocycles. The van der Waals surface area contributed by atoms with Crippen LogP contribution in [0.1, 0.15) is 19.4 Å². The number of halogens is 2. The second kappa shape index (κ2) is 9.13. The van der Waals surface area contributed by atoms with Crippen molar-refractivity contribution in [1.29, 1.82) is 0 Å². The molecule has 1 aromatic heterocycles. The number of anilines is 1. The highest BCUT2D eigenvalue weighted by Gasteiger charge is 2.11. The molecule has 9 heteroatoms. The van der Waals surface area contributed by atoms with E-state index in [1.54, 1.807) is 37.3 Å². The number of benzene rings is 2. The number of fused-ring (bicyclic) bond motifs is 1. The predicted molar refractivity (Wildman–Crippen MR) is 107 cm³/mol.